The maximum Gasteiger partial charge on any atom is 0.391 e. The van der Waals surface area contributed by atoms with Gasteiger partial charge >= 0.3 is 13.1 Å². The van der Waals surface area contributed by atoms with Crippen molar-refractivity contribution >= 4 is 35.7 Å². The lowest BCUT2D eigenvalue weighted by molar-refractivity contribution is -0.131. The molecular weight excluding hydrogens is 555 g/mol. The standard InChI is InChI=1S/C32H39N2O7P/c1-39-32(37)42(2,38)41-30(20-24-13-7-4-8-14-24)34-31(36)28(19-23-11-5-3-6-12-23)33-29(35)22-40-27-18-17-25-15-9-10-16-26(25)21-27/h3,5-6,9-12,15-18,21,24,28,30H,4,7-8,13-14,19-20,22H2,1-2H3,(H,33,35)(H,34,36)/t28-,30?,42?/m0/s1. The van der Waals surface area contributed by atoms with E-state index in [0.29, 0.717) is 12.2 Å². The van der Waals surface area contributed by atoms with Crippen LogP contribution in [0.4, 0.5) is 4.79 Å². The van der Waals surface area contributed by atoms with E-state index >= 15 is 0 Å². The number of rotatable bonds is 13. The largest absolute Gasteiger partial charge is 0.484 e. The van der Waals surface area contributed by atoms with Crippen LogP contribution >= 0.6 is 7.37 Å². The van der Waals surface area contributed by atoms with Crippen LogP contribution in [0.1, 0.15) is 44.1 Å². The van der Waals surface area contributed by atoms with Crippen molar-refractivity contribution in [2.45, 2.75) is 57.2 Å². The maximum absolute atomic E-state index is 13.6. The third-order valence-electron chi connectivity index (χ3n) is 7.44. The quantitative estimate of drug-likeness (QED) is 0.183. The molecular formula is C32H39N2O7P. The van der Waals surface area contributed by atoms with Gasteiger partial charge in [0, 0.05) is 13.1 Å². The average Bonchev–Trinajstić information content (AvgIpc) is 3.00. The molecule has 0 aliphatic heterocycles. The molecule has 0 bridgehead atoms. The Bertz CT molecular complexity index is 1410. The van der Waals surface area contributed by atoms with Crippen LogP contribution in [0.2, 0.25) is 0 Å². The number of hydrogen-bond donors (Lipinski definition) is 2. The van der Waals surface area contributed by atoms with Crippen molar-refractivity contribution in [1.29, 1.82) is 0 Å². The third kappa shape index (κ3) is 9.16. The molecule has 2 N–H and O–H groups in total. The summed E-state index contributed by atoms with van der Waals surface area (Å²) >= 11 is 0. The van der Waals surface area contributed by atoms with E-state index in [4.69, 9.17) is 9.26 Å². The average molecular weight is 595 g/mol. The molecule has 10 heteroatoms. The van der Waals surface area contributed by atoms with E-state index in [1.165, 1.54) is 6.66 Å². The van der Waals surface area contributed by atoms with Crippen LogP contribution in [0.25, 0.3) is 10.8 Å². The van der Waals surface area contributed by atoms with Gasteiger partial charge in [0.05, 0.1) is 7.11 Å². The molecule has 9 nitrogen and oxygen atoms in total. The lowest BCUT2D eigenvalue weighted by Crippen LogP contribution is -2.52. The van der Waals surface area contributed by atoms with E-state index in [1.807, 2.05) is 66.7 Å². The zero-order chi connectivity index (χ0) is 30.0. The predicted molar refractivity (Wildman–Crippen MR) is 162 cm³/mol. The number of nitrogens with one attached hydrogen (secondary N) is 2. The summed E-state index contributed by atoms with van der Waals surface area (Å²) in [5.74, 6) is -0.196. The molecule has 0 aromatic heterocycles. The molecule has 0 spiro atoms. The molecule has 0 heterocycles. The zero-order valence-electron chi connectivity index (χ0n) is 24.1. The number of amides is 2. The minimum atomic E-state index is -3.83. The highest BCUT2D eigenvalue weighted by Gasteiger charge is 2.35. The molecule has 1 saturated carbocycles. The summed E-state index contributed by atoms with van der Waals surface area (Å²) in [5, 5.41) is 7.65. The number of carbonyl (C=O) groups is 3. The van der Waals surface area contributed by atoms with Gasteiger partial charge in [0.2, 0.25) is 5.91 Å². The number of ether oxygens (including phenoxy) is 2. The highest BCUT2D eigenvalue weighted by molar-refractivity contribution is 7.75. The Hall–Kier alpha value is -3.68. The zero-order valence-corrected chi connectivity index (χ0v) is 25.0. The molecule has 42 heavy (non-hydrogen) atoms. The van der Waals surface area contributed by atoms with Crippen molar-refractivity contribution in [3.63, 3.8) is 0 Å². The van der Waals surface area contributed by atoms with Crippen molar-refractivity contribution in [3.8, 4) is 5.75 Å². The van der Waals surface area contributed by atoms with Crippen LogP contribution in [-0.4, -0.2) is 50.2 Å². The summed E-state index contributed by atoms with van der Waals surface area (Å²) in [4.78, 5) is 38.8. The SMILES string of the molecule is COC(=O)P(C)(=O)OC(CC1CCCCC1)NC(=O)[C@H](Cc1ccccc1)NC(=O)COc1ccc2ccccc2c1. The fraction of sp³-hybridized carbons (Fsp3) is 0.406. The van der Waals surface area contributed by atoms with Crippen LogP contribution in [-0.2, 0) is 29.8 Å². The van der Waals surface area contributed by atoms with Crippen molar-refractivity contribution in [3.05, 3.63) is 78.4 Å². The van der Waals surface area contributed by atoms with Crippen molar-refractivity contribution in [2.24, 2.45) is 5.92 Å². The Morgan fingerprint density at radius 3 is 2.31 bits per heavy atom. The molecule has 4 rings (SSSR count). The van der Waals surface area contributed by atoms with Crippen molar-refractivity contribution < 1.29 is 32.9 Å². The number of hydrogen-bond acceptors (Lipinski definition) is 7. The van der Waals surface area contributed by atoms with Crippen LogP contribution < -0.4 is 15.4 Å². The minimum absolute atomic E-state index is 0.214. The molecule has 0 radical (unpaired) electrons. The van der Waals surface area contributed by atoms with Crippen LogP contribution in [0.5, 0.6) is 5.75 Å². The predicted octanol–water partition coefficient (Wildman–Crippen LogP) is 6.05. The second kappa shape index (κ2) is 15.0. The minimum Gasteiger partial charge on any atom is -0.484 e. The molecule has 2 amide bonds. The van der Waals surface area contributed by atoms with E-state index in [2.05, 4.69) is 15.4 Å². The Balaban J connectivity index is 1.46. The first kappa shape index (κ1) is 31.3. The second-order valence-corrected chi connectivity index (χ2v) is 13.0. The van der Waals surface area contributed by atoms with E-state index < -0.39 is 37.2 Å². The first-order valence-electron chi connectivity index (χ1n) is 14.3. The highest BCUT2D eigenvalue weighted by Crippen LogP contribution is 2.46. The van der Waals surface area contributed by atoms with Gasteiger partial charge in [0.15, 0.2) is 6.61 Å². The van der Waals surface area contributed by atoms with Gasteiger partial charge in [-0.15, -0.1) is 0 Å². The first-order chi connectivity index (χ1) is 20.2. The number of benzene rings is 3. The van der Waals surface area contributed by atoms with Gasteiger partial charge in [-0.05, 0) is 40.8 Å². The van der Waals surface area contributed by atoms with Gasteiger partial charge in [0.1, 0.15) is 18.0 Å². The summed E-state index contributed by atoms with van der Waals surface area (Å²) in [5.41, 5.74) is -0.126. The van der Waals surface area contributed by atoms with Gasteiger partial charge < -0.3 is 20.1 Å². The molecule has 0 saturated heterocycles. The molecule has 3 aromatic carbocycles. The Labute approximate surface area is 246 Å². The fourth-order valence-electron chi connectivity index (χ4n) is 5.27. The van der Waals surface area contributed by atoms with E-state index in [0.717, 1.165) is 55.5 Å². The number of methoxy groups -OCH3 is 1. The molecule has 1 aliphatic rings. The van der Waals surface area contributed by atoms with Crippen LogP contribution in [0, 0.1) is 5.92 Å². The normalized spacial score (nSPS) is 16.5. The summed E-state index contributed by atoms with van der Waals surface area (Å²) < 4.78 is 29.1. The Kier molecular flexibility index (Phi) is 11.2. The number of fused-ring (bicyclic) bond motifs is 1. The van der Waals surface area contributed by atoms with Gasteiger partial charge in [0.25, 0.3) is 5.91 Å². The maximum atomic E-state index is 13.6. The van der Waals surface area contributed by atoms with Gasteiger partial charge in [-0.2, -0.15) is 0 Å². The van der Waals surface area contributed by atoms with E-state index in [9.17, 15) is 18.9 Å². The number of carbonyl (C=O) groups excluding carboxylic acids is 3. The second-order valence-electron chi connectivity index (χ2n) is 10.8. The molecule has 224 valence electrons. The molecule has 2 unspecified atom stereocenters. The molecule has 3 aromatic rings. The third-order valence-corrected chi connectivity index (χ3v) is 8.94. The summed E-state index contributed by atoms with van der Waals surface area (Å²) in [6.07, 6.45) is 4.82. The van der Waals surface area contributed by atoms with Crippen LogP contribution in [0.3, 0.4) is 0 Å². The molecule has 3 atom stereocenters. The summed E-state index contributed by atoms with van der Waals surface area (Å²) in [6.45, 7) is 0.900. The topological polar surface area (TPSA) is 120 Å². The van der Waals surface area contributed by atoms with Crippen molar-refractivity contribution in [1.82, 2.24) is 10.6 Å². The Morgan fingerprint density at radius 1 is 0.905 bits per heavy atom. The fourth-order valence-corrected chi connectivity index (χ4v) is 6.31. The Morgan fingerprint density at radius 2 is 1.60 bits per heavy atom. The lowest BCUT2D eigenvalue weighted by Gasteiger charge is -2.29. The van der Waals surface area contributed by atoms with E-state index in [1.54, 1.807) is 6.07 Å². The monoisotopic (exact) mass is 594 g/mol. The van der Waals surface area contributed by atoms with Crippen molar-refractivity contribution in [2.75, 3.05) is 20.4 Å². The highest BCUT2D eigenvalue weighted by atomic mass is 31.2. The van der Waals surface area contributed by atoms with Gasteiger partial charge in [-0.3, -0.25) is 18.7 Å². The van der Waals surface area contributed by atoms with Gasteiger partial charge in [-0.25, -0.2) is 4.79 Å². The lowest BCUT2D eigenvalue weighted by atomic mass is 9.86. The summed E-state index contributed by atoms with van der Waals surface area (Å²) in [7, 11) is -2.69. The summed E-state index contributed by atoms with van der Waals surface area (Å²) in [6, 6.07) is 21.7. The van der Waals surface area contributed by atoms with Crippen LogP contribution in [0.15, 0.2) is 72.8 Å². The molecule has 1 aliphatic carbocycles. The smallest absolute Gasteiger partial charge is 0.391 e. The molecule has 1 fully saturated rings. The van der Waals surface area contributed by atoms with Gasteiger partial charge in [-0.1, -0.05) is 92.8 Å². The first-order valence-corrected chi connectivity index (χ1v) is 16.4. The van der Waals surface area contributed by atoms with E-state index in [-0.39, 0.29) is 18.9 Å².